The van der Waals surface area contributed by atoms with Gasteiger partial charge in [0, 0.05) is 5.69 Å². The number of aryl methyl sites for hydroxylation is 2. The Morgan fingerprint density at radius 2 is 2.12 bits per heavy atom. The highest BCUT2D eigenvalue weighted by Crippen LogP contribution is 2.15. The molecule has 84 valence electrons. The number of imidazole rings is 1. The molecular weight excluding hydrogens is 205 g/mol. The van der Waals surface area contributed by atoms with Crippen molar-refractivity contribution in [3.05, 3.63) is 47.0 Å². The summed E-state index contributed by atoms with van der Waals surface area (Å²) in [6.45, 7) is 4.47. The number of benzene rings is 1. The molecule has 0 unspecified atom stereocenters. The van der Waals surface area contributed by atoms with E-state index in [1.54, 1.807) is 12.3 Å². The summed E-state index contributed by atoms with van der Waals surface area (Å²) < 4.78 is 14.8. The zero-order valence-corrected chi connectivity index (χ0v) is 9.37. The Bertz CT molecular complexity index is 497. The monoisotopic (exact) mass is 219 g/mol. The number of nitrogen functional groups attached to an aromatic ring is 1. The SMILES string of the molecule is Cc1cc(F)ccc1Cn1c(C)cnc1N. The first kappa shape index (κ1) is 10.7. The van der Waals surface area contributed by atoms with Gasteiger partial charge < -0.3 is 10.3 Å². The lowest BCUT2D eigenvalue weighted by atomic mass is 10.1. The van der Waals surface area contributed by atoms with Crippen LogP contribution in [0.2, 0.25) is 0 Å². The van der Waals surface area contributed by atoms with Crippen LogP contribution in [0.15, 0.2) is 24.4 Å². The first-order chi connectivity index (χ1) is 7.58. The highest BCUT2D eigenvalue weighted by Gasteiger charge is 2.06. The molecule has 0 aliphatic heterocycles. The van der Waals surface area contributed by atoms with Gasteiger partial charge in [0.15, 0.2) is 0 Å². The Balaban J connectivity index is 2.34. The van der Waals surface area contributed by atoms with Crippen LogP contribution in [0.4, 0.5) is 10.3 Å². The smallest absolute Gasteiger partial charge is 0.200 e. The molecule has 1 aromatic carbocycles. The number of anilines is 1. The normalized spacial score (nSPS) is 10.7. The molecule has 0 atom stereocenters. The zero-order valence-electron chi connectivity index (χ0n) is 9.37. The molecule has 16 heavy (non-hydrogen) atoms. The van der Waals surface area contributed by atoms with E-state index in [1.165, 1.54) is 12.1 Å². The second-order valence-electron chi connectivity index (χ2n) is 3.91. The molecule has 3 nitrogen and oxygen atoms in total. The van der Waals surface area contributed by atoms with Crippen LogP contribution >= 0.6 is 0 Å². The van der Waals surface area contributed by atoms with Crippen LogP contribution < -0.4 is 5.73 Å². The van der Waals surface area contributed by atoms with Crippen molar-refractivity contribution in [2.75, 3.05) is 5.73 Å². The highest BCUT2D eigenvalue weighted by atomic mass is 19.1. The molecule has 0 fully saturated rings. The Morgan fingerprint density at radius 3 is 2.69 bits per heavy atom. The lowest BCUT2D eigenvalue weighted by molar-refractivity contribution is 0.624. The predicted octanol–water partition coefficient (Wildman–Crippen LogP) is 2.27. The fourth-order valence-corrected chi connectivity index (χ4v) is 1.69. The summed E-state index contributed by atoms with van der Waals surface area (Å²) in [6, 6.07) is 4.77. The van der Waals surface area contributed by atoms with Crippen LogP contribution in [-0.4, -0.2) is 9.55 Å². The van der Waals surface area contributed by atoms with E-state index in [-0.39, 0.29) is 5.82 Å². The number of hydrogen-bond acceptors (Lipinski definition) is 2. The molecule has 0 amide bonds. The predicted molar refractivity (Wildman–Crippen MR) is 61.6 cm³/mol. The van der Waals surface area contributed by atoms with Gasteiger partial charge in [-0.1, -0.05) is 6.07 Å². The third-order valence-electron chi connectivity index (χ3n) is 2.72. The van der Waals surface area contributed by atoms with Gasteiger partial charge in [0.25, 0.3) is 0 Å². The summed E-state index contributed by atoms with van der Waals surface area (Å²) in [5, 5.41) is 0. The average Bonchev–Trinajstić information content (AvgIpc) is 2.53. The zero-order chi connectivity index (χ0) is 11.7. The first-order valence-electron chi connectivity index (χ1n) is 5.10. The van der Waals surface area contributed by atoms with Crippen LogP contribution in [0.5, 0.6) is 0 Å². The molecule has 0 saturated carbocycles. The van der Waals surface area contributed by atoms with Gasteiger partial charge >= 0.3 is 0 Å². The van der Waals surface area contributed by atoms with E-state index in [4.69, 9.17) is 5.73 Å². The van der Waals surface area contributed by atoms with Crippen molar-refractivity contribution in [2.45, 2.75) is 20.4 Å². The van der Waals surface area contributed by atoms with E-state index in [2.05, 4.69) is 4.98 Å². The largest absolute Gasteiger partial charge is 0.369 e. The van der Waals surface area contributed by atoms with Gasteiger partial charge in [0.05, 0.1) is 12.7 Å². The summed E-state index contributed by atoms with van der Waals surface area (Å²) in [4.78, 5) is 4.03. The molecule has 4 heteroatoms. The third kappa shape index (κ3) is 1.91. The molecule has 0 saturated heterocycles. The molecular formula is C12H14FN3. The fourth-order valence-electron chi connectivity index (χ4n) is 1.69. The van der Waals surface area contributed by atoms with E-state index in [0.717, 1.165) is 16.8 Å². The molecule has 0 bridgehead atoms. The lowest BCUT2D eigenvalue weighted by Gasteiger charge is -2.10. The van der Waals surface area contributed by atoms with Crippen molar-refractivity contribution in [3.8, 4) is 0 Å². The fraction of sp³-hybridized carbons (Fsp3) is 0.250. The average molecular weight is 219 g/mol. The third-order valence-corrected chi connectivity index (χ3v) is 2.72. The molecule has 0 spiro atoms. The summed E-state index contributed by atoms with van der Waals surface area (Å²) in [7, 11) is 0. The van der Waals surface area contributed by atoms with Crippen LogP contribution in [0.1, 0.15) is 16.8 Å². The van der Waals surface area contributed by atoms with Gasteiger partial charge in [-0.05, 0) is 37.1 Å². The molecule has 0 aliphatic carbocycles. The number of halogens is 1. The number of rotatable bonds is 2. The standard InChI is InChI=1S/C12H14FN3/c1-8-5-11(13)4-3-10(8)7-16-9(2)6-15-12(16)14/h3-6H,7H2,1-2H3,(H2,14,15). The van der Waals surface area contributed by atoms with Crippen LogP contribution in [0.25, 0.3) is 0 Å². The van der Waals surface area contributed by atoms with Crippen LogP contribution in [0.3, 0.4) is 0 Å². The quantitative estimate of drug-likeness (QED) is 0.842. The highest BCUT2D eigenvalue weighted by molar-refractivity contribution is 5.30. The Hall–Kier alpha value is -1.84. The van der Waals surface area contributed by atoms with E-state index >= 15 is 0 Å². The van der Waals surface area contributed by atoms with Gasteiger partial charge in [0.1, 0.15) is 5.82 Å². The second-order valence-corrected chi connectivity index (χ2v) is 3.91. The minimum atomic E-state index is -0.212. The van der Waals surface area contributed by atoms with E-state index in [0.29, 0.717) is 12.5 Å². The van der Waals surface area contributed by atoms with Gasteiger partial charge in [0.2, 0.25) is 5.95 Å². The molecule has 1 aromatic heterocycles. The molecule has 0 aliphatic rings. The lowest BCUT2D eigenvalue weighted by Crippen LogP contribution is -2.07. The minimum absolute atomic E-state index is 0.212. The maximum Gasteiger partial charge on any atom is 0.200 e. The number of nitrogens with two attached hydrogens (primary N) is 1. The van der Waals surface area contributed by atoms with Crippen LogP contribution in [0, 0.1) is 19.7 Å². The summed E-state index contributed by atoms with van der Waals surface area (Å²) in [6.07, 6.45) is 1.73. The maximum absolute atomic E-state index is 12.9. The van der Waals surface area contributed by atoms with Gasteiger partial charge in [-0.2, -0.15) is 0 Å². The van der Waals surface area contributed by atoms with Gasteiger partial charge in [-0.3, -0.25) is 0 Å². The Morgan fingerprint density at radius 1 is 1.38 bits per heavy atom. The first-order valence-corrected chi connectivity index (χ1v) is 5.10. The van der Waals surface area contributed by atoms with E-state index < -0.39 is 0 Å². The molecule has 2 aromatic rings. The van der Waals surface area contributed by atoms with Crippen molar-refractivity contribution in [2.24, 2.45) is 0 Å². The van der Waals surface area contributed by atoms with Crippen LogP contribution in [-0.2, 0) is 6.54 Å². The summed E-state index contributed by atoms with van der Waals surface area (Å²) >= 11 is 0. The van der Waals surface area contributed by atoms with Crippen molar-refractivity contribution in [1.82, 2.24) is 9.55 Å². The number of nitrogens with zero attached hydrogens (tertiary/aromatic N) is 2. The molecule has 2 rings (SSSR count). The molecule has 1 heterocycles. The minimum Gasteiger partial charge on any atom is -0.369 e. The Labute approximate surface area is 93.7 Å². The van der Waals surface area contributed by atoms with Gasteiger partial charge in [-0.15, -0.1) is 0 Å². The van der Waals surface area contributed by atoms with E-state index in [9.17, 15) is 4.39 Å². The van der Waals surface area contributed by atoms with Crippen molar-refractivity contribution < 1.29 is 4.39 Å². The van der Waals surface area contributed by atoms with Gasteiger partial charge in [-0.25, -0.2) is 9.37 Å². The van der Waals surface area contributed by atoms with Crippen molar-refractivity contribution in [3.63, 3.8) is 0 Å². The molecule has 2 N–H and O–H groups in total. The Kier molecular flexibility index (Phi) is 2.64. The molecule has 0 radical (unpaired) electrons. The number of aromatic nitrogens is 2. The topological polar surface area (TPSA) is 43.8 Å². The summed E-state index contributed by atoms with van der Waals surface area (Å²) in [5.74, 6) is 0.276. The van der Waals surface area contributed by atoms with E-state index in [1.807, 2.05) is 18.4 Å². The van der Waals surface area contributed by atoms with Crippen molar-refractivity contribution >= 4 is 5.95 Å². The summed E-state index contributed by atoms with van der Waals surface area (Å²) in [5.41, 5.74) is 8.72. The van der Waals surface area contributed by atoms with Crippen molar-refractivity contribution in [1.29, 1.82) is 0 Å². The maximum atomic E-state index is 12.9. The second kappa shape index (κ2) is 3.96. The number of hydrogen-bond donors (Lipinski definition) is 1.